The van der Waals surface area contributed by atoms with Gasteiger partial charge in [0.2, 0.25) is 5.91 Å². The number of esters is 1. The van der Waals surface area contributed by atoms with Crippen LogP contribution in [0, 0.1) is 11.8 Å². The van der Waals surface area contributed by atoms with Gasteiger partial charge in [-0.3, -0.25) is 14.4 Å². The van der Waals surface area contributed by atoms with Crippen LogP contribution in [-0.2, 0) is 23.9 Å². The fourth-order valence-corrected chi connectivity index (χ4v) is 7.10. The van der Waals surface area contributed by atoms with Crippen LogP contribution >= 0.6 is 11.6 Å². The lowest BCUT2D eigenvalue weighted by atomic mass is 9.65. The van der Waals surface area contributed by atoms with Crippen LogP contribution in [0.4, 0.5) is 5.69 Å². The van der Waals surface area contributed by atoms with E-state index in [-0.39, 0.29) is 31.6 Å². The minimum atomic E-state index is -1.20. The highest BCUT2D eigenvalue weighted by Gasteiger charge is 2.79. The Labute approximate surface area is 241 Å². The number of likely N-dealkylation sites (tertiary alicyclic amines) is 1. The first-order valence-electron chi connectivity index (χ1n) is 14.3. The smallest absolute Gasteiger partial charge is 0.312 e. The van der Waals surface area contributed by atoms with Crippen molar-refractivity contribution in [3.8, 4) is 0 Å². The van der Waals surface area contributed by atoms with Gasteiger partial charge in [0.15, 0.2) is 0 Å². The van der Waals surface area contributed by atoms with Crippen LogP contribution in [0.25, 0.3) is 0 Å². The van der Waals surface area contributed by atoms with Gasteiger partial charge in [-0.1, -0.05) is 37.6 Å². The number of rotatable bonds is 14. The zero-order valence-corrected chi connectivity index (χ0v) is 24.3. The summed E-state index contributed by atoms with van der Waals surface area (Å²) in [5.41, 5.74) is -1.48. The number of unbranched alkanes of at least 4 members (excludes halogenated alkanes) is 2. The quantitative estimate of drug-likeness (QED) is 0.197. The average Bonchev–Trinajstić information content (AvgIpc) is 3.56. The number of ether oxygens (including phenoxy) is 2. The molecule has 0 aromatic heterocycles. The van der Waals surface area contributed by atoms with E-state index < -0.39 is 41.1 Å². The van der Waals surface area contributed by atoms with Crippen LogP contribution in [0.1, 0.15) is 58.8 Å². The van der Waals surface area contributed by atoms with Gasteiger partial charge < -0.3 is 24.4 Å². The third-order valence-electron chi connectivity index (χ3n) is 8.94. The third-order valence-corrected chi connectivity index (χ3v) is 9.20. The number of fused-ring (bicyclic) bond motifs is 1. The molecule has 40 heavy (non-hydrogen) atoms. The Morgan fingerprint density at radius 3 is 2.55 bits per heavy atom. The highest BCUT2D eigenvalue weighted by atomic mass is 35.5. The summed E-state index contributed by atoms with van der Waals surface area (Å²) in [4.78, 5) is 45.5. The zero-order chi connectivity index (χ0) is 29.1. The Balaban J connectivity index is 1.75. The molecule has 3 aliphatic rings. The number of allylic oxidation sites excluding steroid dienone is 1. The van der Waals surface area contributed by atoms with E-state index in [0.717, 1.165) is 12.8 Å². The molecule has 0 saturated carbocycles. The van der Waals surface area contributed by atoms with Crippen molar-refractivity contribution in [1.29, 1.82) is 0 Å². The van der Waals surface area contributed by atoms with Crippen molar-refractivity contribution in [2.75, 3.05) is 24.7 Å². The second-order valence-corrected chi connectivity index (χ2v) is 11.4. The Hall–Kier alpha value is -2.68. The summed E-state index contributed by atoms with van der Waals surface area (Å²) >= 11 is 6.11. The van der Waals surface area contributed by atoms with E-state index in [1.807, 2.05) is 19.9 Å². The second-order valence-electron chi connectivity index (χ2n) is 11.0. The molecule has 8 nitrogen and oxygen atoms in total. The summed E-state index contributed by atoms with van der Waals surface area (Å²) in [6.45, 7) is 11.5. The van der Waals surface area contributed by atoms with Gasteiger partial charge in [0.25, 0.3) is 5.91 Å². The Morgan fingerprint density at radius 2 is 1.95 bits per heavy atom. The van der Waals surface area contributed by atoms with Gasteiger partial charge in [0.05, 0.1) is 30.8 Å². The monoisotopic (exact) mass is 572 g/mol. The molecular formula is C31H41ClN2O6. The Bertz CT molecular complexity index is 1120. The molecule has 2 unspecified atom stereocenters. The molecule has 2 amide bonds. The van der Waals surface area contributed by atoms with Crippen molar-refractivity contribution < 1.29 is 29.0 Å². The fourth-order valence-electron chi connectivity index (χ4n) is 6.97. The van der Waals surface area contributed by atoms with Crippen LogP contribution in [0.15, 0.2) is 49.6 Å². The second kappa shape index (κ2) is 12.5. The van der Waals surface area contributed by atoms with E-state index in [0.29, 0.717) is 42.8 Å². The first kappa shape index (κ1) is 30.3. The summed E-state index contributed by atoms with van der Waals surface area (Å²) in [7, 11) is 0. The topological polar surface area (TPSA) is 96.4 Å². The minimum Gasteiger partial charge on any atom is -0.465 e. The molecule has 1 N–H and O–H groups in total. The molecule has 2 bridgehead atoms. The van der Waals surface area contributed by atoms with Gasteiger partial charge in [0.1, 0.15) is 17.6 Å². The van der Waals surface area contributed by atoms with Crippen molar-refractivity contribution in [2.24, 2.45) is 11.8 Å². The largest absolute Gasteiger partial charge is 0.465 e. The molecule has 3 saturated heterocycles. The van der Waals surface area contributed by atoms with E-state index in [9.17, 15) is 19.5 Å². The lowest BCUT2D eigenvalue weighted by Gasteiger charge is -2.39. The molecule has 0 radical (unpaired) electrons. The average molecular weight is 573 g/mol. The zero-order valence-electron chi connectivity index (χ0n) is 23.5. The molecule has 3 heterocycles. The summed E-state index contributed by atoms with van der Waals surface area (Å²) in [6.07, 6.45) is 7.79. The molecule has 3 aliphatic heterocycles. The van der Waals surface area contributed by atoms with Crippen molar-refractivity contribution in [1.82, 2.24) is 4.90 Å². The van der Waals surface area contributed by atoms with Crippen LogP contribution < -0.4 is 4.90 Å². The standard InChI is InChI=1S/C31H41ClN2O6/c1-5-9-10-11-19-39-29(38)25-24-27(36)34(22(7-3)20-35)26(31(24)17-16-30(25,8-4)40-31)28(37)33(18-6-2)23-14-12-21(32)13-15-23/h5-6,12-15,22,24-26,35H,1-2,7-11,16-20H2,3-4H3/t22-,24-,25+,26?,30-,31?/m0/s1. The number of aliphatic hydroxyl groups excluding tert-OH is 1. The minimum absolute atomic E-state index is 0.199. The number of halogens is 1. The number of carbonyl (C=O) groups excluding carboxylic acids is 3. The van der Waals surface area contributed by atoms with Crippen LogP contribution in [-0.4, -0.2) is 70.8 Å². The van der Waals surface area contributed by atoms with Gasteiger partial charge >= 0.3 is 5.97 Å². The number of carbonyl (C=O) groups is 3. The van der Waals surface area contributed by atoms with Gasteiger partial charge in [-0.15, -0.1) is 13.2 Å². The number of benzene rings is 1. The molecule has 0 aliphatic carbocycles. The summed E-state index contributed by atoms with van der Waals surface area (Å²) in [6, 6.07) is 5.27. The molecule has 4 rings (SSSR count). The van der Waals surface area contributed by atoms with E-state index in [1.54, 1.807) is 35.2 Å². The van der Waals surface area contributed by atoms with Gasteiger partial charge in [-0.2, -0.15) is 0 Å². The molecule has 9 heteroatoms. The van der Waals surface area contributed by atoms with Crippen molar-refractivity contribution in [3.63, 3.8) is 0 Å². The molecule has 1 spiro atoms. The van der Waals surface area contributed by atoms with Crippen LogP contribution in [0.3, 0.4) is 0 Å². The number of hydrogen-bond acceptors (Lipinski definition) is 6. The Kier molecular flexibility index (Phi) is 9.43. The molecule has 6 atom stereocenters. The normalized spacial score (nSPS) is 29.2. The summed E-state index contributed by atoms with van der Waals surface area (Å²) < 4.78 is 12.5. The predicted octanol–water partition coefficient (Wildman–Crippen LogP) is 4.68. The lowest BCUT2D eigenvalue weighted by molar-refractivity contribution is -0.162. The fraction of sp³-hybridized carbons (Fsp3) is 0.581. The Morgan fingerprint density at radius 1 is 1.23 bits per heavy atom. The molecule has 218 valence electrons. The van der Waals surface area contributed by atoms with Crippen molar-refractivity contribution in [3.05, 3.63) is 54.6 Å². The van der Waals surface area contributed by atoms with Crippen LogP contribution in [0.5, 0.6) is 0 Å². The number of amides is 2. The molecule has 1 aromatic carbocycles. The number of aliphatic hydroxyl groups is 1. The van der Waals surface area contributed by atoms with Crippen LogP contribution in [0.2, 0.25) is 5.02 Å². The molecular weight excluding hydrogens is 532 g/mol. The van der Waals surface area contributed by atoms with Crippen molar-refractivity contribution in [2.45, 2.75) is 82.1 Å². The first-order valence-corrected chi connectivity index (χ1v) is 14.7. The molecule has 1 aromatic rings. The highest BCUT2D eigenvalue weighted by molar-refractivity contribution is 6.30. The van der Waals surface area contributed by atoms with Gasteiger partial charge in [-0.25, -0.2) is 0 Å². The van der Waals surface area contributed by atoms with E-state index in [2.05, 4.69) is 13.2 Å². The summed E-state index contributed by atoms with van der Waals surface area (Å²) in [5.74, 6) is -2.82. The number of anilines is 1. The van der Waals surface area contributed by atoms with E-state index >= 15 is 0 Å². The maximum atomic E-state index is 14.5. The van der Waals surface area contributed by atoms with E-state index in [1.165, 1.54) is 4.90 Å². The van der Waals surface area contributed by atoms with Crippen molar-refractivity contribution >= 4 is 35.1 Å². The maximum Gasteiger partial charge on any atom is 0.312 e. The van der Waals surface area contributed by atoms with Gasteiger partial charge in [-0.05, 0) is 69.2 Å². The maximum absolute atomic E-state index is 14.5. The molecule has 3 fully saturated rings. The SMILES string of the molecule is C=CCCCCOC(=O)[C@H]1[C@H]2C(=O)N([C@@H](CC)CO)C(C(=O)N(CC=C)c3ccc(Cl)cc3)C23CC[C@]1(CC)O3. The first-order chi connectivity index (χ1) is 19.2. The predicted molar refractivity (Wildman–Crippen MR) is 154 cm³/mol. The van der Waals surface area contributed by atoms with E-state index in [4.69, 9.17) is 21.1 Å². The van der Waals surface area contributed by atoms with Gasteiger partial charge in [0, 0.05) is 17.3 Å². The number of nitrogens with zero attached hydrogens (tertiary/aromatic N) is 2. The summed E-state index contributed by atoms with van der Waals surface area (Å²) in [5, 5.41) is 10.8. The third kappa shape index (κ3) is 4.99. The lowest BCUT2D eigenvalue weighted by Crippen LogP contribution is -2.59. The highest BCUT2D eigenvalue weighted by Crippen LogP contribution is 2.65. The number of hydrogen-bond donors (Lipinski definition) is 1.